The summed E-state index contributed by atoms with van der Waals surface area (Å²) in [6.07, 6.45) is 1.81. The molecule has 118 valence electrons. The lowest BCUT2D eigenvalue weighted by Gasteiger charge is -2.04. The number of amides is 1. The van der Waals surface area contributed by atoms with Crippen molar-refractivity contribution in [1.82, 2.24) is 0 Å². The highest BCUT2D eigenvalue weighted by molar-refractivity contribution is 9.10. The van der Waals surface area contributed by atoms with E-state index >= 15 is 0 Å². The van der Waals surface area contributed by atoms with Crippen LogP contribution in [0.25, 0.3) is 0 Å². The molecule has 2 aromatic rings. The molecule has 23 heavy (non-hydrogen) atoms. The Kier molecular flexibility index (Phi) is 5.59. The highest BCUT2D eigenvalue weighted by atomic mass is 79.9. The van der Waals surface area contributed by atoms with Crippen molar-refractivity contribution >= 4 is 33.5 Å². The minimum Gasteiger partial charge on any atom is -0.423 e. The monoisotopic (exact) mass is 381 g/mol. The van der Waals surface area contributed by atoms with Crippen LogP contribution >= 0.6 is 15.9 Å². The van der Waals surface area contributed by atoms with Crippen LogP contribution in [0.15, 0.2) is 59.1 Å². The van der Waals surface area contributed by atoms with E-state index in [2.05, 4.69) is 21.2 Å². The molecule has 0 heterocycles. The number of nitrogens with one attached hydrogen (secondary N) is 1. The number of ether oxygens (including phenoxy) is 1. The number of anilines is 1. The Labute approximate surface area is 138 Å². The predicted molar refractivity (Wildman–Crippen MR) is 83.9 cm³/mol. The van der Waals surface area contributed by atoms with Crippen LogP contribution in [-0.4, -0.2) is 11.9 Å². The molecule has 0 aliphatic heterocycles. The summed E-state index contributed by atoms with van der Waals surface area (Å²) in [5.74, 6) is -3.52. The number of benzene rings is 2. The Bertz CT molecular complexity index is 757. The van der Waals surface area contributed by atoms with E-state index in [0.29, 0.717) is 16.2 Å². The number of rotatable bonds is 4. The van der Waals surface area contributed by atoms with Gasteiger partial charge in [-0.25, -0.2) is 13.6 Å². The average molecular weight is 382 g/mol. The first kappa shape index (κ1) is 16.8. The molecule has 0 aromatic heterocycles. The van der Waals surface area contributed by atoms with Crippen LogP contribution in [0.2, 0.25) is 0 Å². The molecule has 0 saturated heterocycles. The Morgan fingerprint density at radius 2 is 1.70 bits per heavy atom. The average Bonchev–Trinajstić information content (AvgIpc) is 2.46. The smallest absolute Gasteiger partial charge is 0.336 e. The van der Waals surface area contributed by atoms with Gasteiger partial charge >= 0.3 is 5.97 Å². The molecule has 0 radical (unpaired) electrons. The molecule has 0 fully saturated rings. The number of halogens is 3. The van der Waals surface area contributed by atoms with Gasteiger partial charge in [-0.2, -0.15) is 0 Å². The van der Waals surface area contributed by atoms with Crippen molar-refractivity contribution in [2.24, 2.45) is 0 Å². The topological polar surface area (TPSA) is 55.4 Å². The van der Waals surface area contributed by atoms with Gasteiger partial charge in [0.05, 0.1) is 5.69 Å². The van der Waals surface area contributed by atoms with Gasteiger partial charge in [-0.1, -0.05) is 12.1 Å². The zero-order valence-electron chi connectivity index (χ0n) is 11.6. The largest absolute Gasteiger partial charge is 0.423 e. The standard InChI is InChI=1S/C16H10BrF2NO3/c17-13-3-1-2-4-14(13)20-15(21)5-6-16(22)23-12-8-10(18)7-11(19)9-12/h1-9H,(H,20,21)/b6-5+. The summed E-state index contributed by atoms with van der Waals surface area (Å²) in [6.45, 7) is 0. The lowest BCUT2D eigenvalue weighted by molar-refractivity contribution is -0.129. The summed E-state index contributed by atoms with van der Waals surface area (Å²) in [7, 11) is 0. The van der Waals surface area contributed by atoms with Crippen LogP contribution in [-0.2, 0) is 9.59 Å². The van der Waals surface area contributed by atoms with Gasteiger partial charge in [-0.15, -0.1) is 0 Å². The molecule has 0 bridgehead atoms. The molecule has 0 spiro atoms. The maximum atomic E-state index is 13.0. The molecule has 0 aliphatic rings. The van der Waals surface area contributed by atoms with Gasteiger partial charge in [-0.3, -0.25) is 4.79 Å². The fourth-order valence-electron chi connectivity index (χ4n) is 1.62. The van der Waals surface area contributed by atoms with E-state index in [9.17, 15) is 18.4 Å². The Hall–Kier alpha value is -2.54. The molecular formula is C16H10BrF2NO3. The molecule has 1 amide bonds. The number of carbonyl (C=O) groups is 2. The normalized spacial score (nSPS) is 10.6. The van der Waals surface area contributed by atoms with Gasteiger partial charge in [0.1, 0.15) is 17.4 Å². The van der Waals surface area contributed by atoms with Crippen LogP contribution in [0, 0.1) is 11.6 Å². The molecule has 0 saturated carbocycles. The maximum Gasteiger partial charge on any atom is 0.336 e. The summed E-state index contributed by atoms with van der Waals surface area (Å²) in [4.78, 5) is 23.2. The van der Waals surface area contributed by atoms with Crippen LogP contribution in [0.1, 0.15) is 0 Å². The Balaban J connectivity index is 1.95. The zero-order chi connectivity index (χ0) is 16.8. The molecule has 0 unspecified atom stereocenters. The van der Waals surface area contributed by atoms with Crippen molar-refractivity contribution in [2.45, 2.75) is 0 Å². The summed E-state index contributed by atoms with van der Waals surface area (Å²) >= 11 is 3.26. The lowest BCUT2D eigenvalue weighted by Crippen LogP contribution is -2.11. The third-order valence-electron chi connectivity index (χ3n) is 2.56. The number of hydrogen-bond acceptors (Lipinski definition) is 3. The van der Waals surface area contributed by atoms with E-state index in [4.69, 9.17) is 4.74 Å². The Morgan fingerprint density at radius 1 is 1.04 bits per heavy atom. The fraction of sp³-hybridized carbons (Fsp3) is 0. The first-order valence-electron chi connectivity index (χ1n) is 6.35. The quantitative estimate of drug-likeness (QED) is 0.497. The summed E-state index contributed by atoms with van der Waals surface area (Å²) < 4.78 is 31.3. The SMILES string of the molecule is O=C(/C=C/C(=O)Oc1cc(F)cc(F)c1)Nc1ccccc1Br. The van der Waals surface area contributed by atoms with Gasteiger partial charge in [0, 0.05) is 34.8 Å². The van der Waals surface area contributed by atoms with Gasteiger partial charge in [-0.05, 0) is 28.1 Å². The fourth-order valence-corrected chi connectivity index (χ4v) is 2.00. The number of para-hydroxylation sites is 1. The van der Waals surface area contributed by atoms with E-state index in [1.165, 1.54) is 0 Å². The van der Waals surface area contributed by atoms with Crippen molar-refractivity contribution < 1.29 is 23.1 Å². The highest BCUT2D eigenvalue weighted by Gasteiger charge is 2.06. The third-order valence-corrected chi connectivity index (χ3v) is 3.25. The molecule has 0 aliphatic carbocycles. The molecule has 2 aromatic carbocycles. The van der Waals surface area contributed by atoms with E-state index in [0.717, 1.165) is 24.3 Å². The second-order valence-electron chi connectivity index (χ2n) is 4.33. The second kappa shape index (κ2) is 7.64. The van der Waals surface area contributed by atoms with Crippen molar-refractivity contribution in [2.75, 3.05) is 5.32 Å². The zero-order valence-corrected chi connectivity index (χ0v) is 13.1. The van der Waals surface area contributed by atoms with Gasteiger partial charge < -0.3 is 10.1 Å². The van der Waals surface area contributed by atoms with E-state index in [1.54, 1.807) is 24.3 Å². The third kappa shape index (κ3) is 5.30. The van der Waals surface area contributed by atoms with Crippen LogP contribution in [0.3, 0.4) is 0 Å². The molecule has 4 nitrogen and oxygen atoms in total. The predicted octanol–water partition coefficient (Wildman–Crippen LogP) is 3.83. The first-order valence-corrected chi connectivity index (χ1v) is 7.15. The Morgan fingerprint density at radius 3 is 2.35 bits per heavy atom. The van der Waals surface area contributed by atoms with Crippen LogP contribution in [0.5, 0.6) is 5.75 Å². The first-order chi connectivity index (χ1) is 10.9. The van der Waals surface area contributed by atoms with Crippen molar-refractivity contribution in [3.8, 4) is 5.75 Å². The van der Waals surface area contributed by atoms with Gasteiger partial charge in [0.2, 0.25) is 5.91 Å². The highest BCUT2D eigenvalue weighted by Crippen LogP contribution is 2.21. The minimum atomic E-state index is -0.933. The second-order valence-corrected chi connectivity index (χ2v) is 5.18. The summed E-state index contributed by atoms with van der Waals surface area (Å²) in [5, 5.41) is 2.55. The van der Waals surface area contributed by atoms with Crippen LogP contribution < -0.4 is 10.1 Å². The summed E-state index contributed by atoms with van der Waals surface area (Å²) in [5.41, 5.74) is 0.530. The minimum absolute atomic E-state index is 0.289. The lowest BCUT2D eigenvalue weighted by atomic mass is 10.3. The van der Waals surface area contributed by atoms with Gasteiger partial charge in [0.25, 0.3) is 0 Å². The summed E-state index contributed by atoms with van der Waals surface area (Å²) in [6, 6.07) is 9.29. The number of hydrogen-bond donors (Lipinski definition) is 1. The molecule has 0 atom stereocenters. The van der Waals surface area contributed by atoms with E-state index < -0.39 is 23.5 Å². The van der Waals surface area contributed by atoms with Gasteiger partial charge in [0.15, 0.2) is 0 Å². The van der Waals surface area contributed by atoms with E-state index in [1.807, 2.05) is 0 Å². The molecular weight excluding hydrogens is 372 g/mol. The van der Waals surface area contributed by atoms with Crippen LogP contribution in [0.4, 0.5) is 14.5 Å². The van der Waals surface area contributed by atoms with Crippen molar-refractivity contribution in [3.05, 3.63) is 70.7 Å². The molecule has 1 N–H and O–H groups in total. The van der Waals surface area contributed by atoms with Crippen molar-refractivity contribution in [3.63, 3.8) is 0 Å². The maximum absolute atomic E-state index is 13.0. The van der Waals surface area contributed by atoms with Crippen molar-refractivity contribution in [1.29, 1.82) is 0 Å². The number of esters is 1. The molecule has 7 heteroatoms. The van der Waals surface area contributed by atoms with E-state index in [-0.39, 0.29) is 5.75 Å². The number of carbonyl (C=O) groups excluding carboxylic acids is 2. The molecule has 2 rings (SSSR count).